The highest BCUT2D eigenvalue weighted by molar-refractivity contribution is 7.80. The van der Waals surface area contributed by atoms with Crippen molar-refractivity contribution in [3.8, 4) is 0 Å². The van der Waals surface area contributed by atoms with E-state index in [0.717, 1.165) is 0 Å². The first-order valence-electron chi connectivity index (χ1n) is 7.88. The number of thiocarbonyl (C=S) groups is 1. The van der Waals surface area contributed by atoms with Gasteiger partial charge in [0.1, 0.15) is 5.76 Å². The largest absolute Gasteiger partial charge is 0.465 e. The lowest BCUT2D eigenvalue weighted by molar-refractivity contribution is -0.115. The summed E-state index contributed by atoms with van der Waals surface area (Å²) in [7, 11) is 0. The first-order valence-corrected chi connectivity index (χ1v) is 8.29. The molecule has 0 aliphatic heterocycles. The van der Waals surface area contributed by atoms with Crippen LogP contribution in [0.25, 0.3) is 6.08 Å². The molecule has 0 fully saturated rings. The fourth-order valence-corrected chi connectivity index (χ4v) is 2.35. The Morgan fingerprint density at radius 1 is 0.926 bits per heavy atom. The van der Waals surface area contributed by atoms with Crippen LogP contribution in [0, 0.1) is 0 Å². The van der Waals surface area contributed by atoms with E-state index in [0.29, 0.717) is 17.1 Å². The summed E-state index contributed by atoms with van der Waals surface area (Å²) < 4.78 is 10.1. The lowest BCUT2D eigenvalue weighted by Crippen LogP contribution is -2.32. The summed E-state index contributed by atoms with van der Waals surface area (Å²) >= 11 is 5.12. The number of hydrogen-bond donors (Lipinski definition) is 3. The van der Waals surface area contributed by atoms with Gasteiger partial charge in [-0.25, -0.2) is 0 Å². The molecule has 0 atom stereocenters. The molecule has 2 aromatic heterocycles. The molecule has 136 valence electrons. The molecule has 2 amide bonds. The van der Waals surface area contributed by atoms with Crippen LogP contribution >= 0.6 is 12.2 Å². The molecule has 8 heteroatoms. The van der Waals surface area contributed by atoms with Crippen LogP contribution in [0.5, 0.6) is 0 Å². The Kier molecular flexibility index (Phi) is 5.80. The van der Waals surface area contributed by atoms with Crippen molar-refractivity contribution in [3.05, 3.63) is 78.7 Å². The number of nitrogens with one attached hydrogen (secondary N) is 3. The minimum Gasteiger partial charge on any atom is -0.465 e. The van der Waals surface area contributed by atoms with Gasteiger partial charge in [-0.2, -0.15) is 0 Å². The molecular formula is C19H15N3O4S. The van der Waals surface area contributed by atoms with E-state index in [1.165, 1.54) is 24.7 Å². The van der Waals surface area contributed by atoms with Gasteiger partial charge in [0.05, 0.1) is 12.5 Å². The average molecular weight is 381 g/mol. The van der Waals surface area contributed by atoms with Gasteiger partial charge in [0.15, 0.2) is 10.9 Å². The Hall–Kier alpha value is -3.65. The molecule has 2 heterocycles. The van der Waals surface area contributed by atoms with Crippen molar-refractivity contribution in [2.75, 3.05) is 10.6 Å². The lowest BCUT2D eigenvalue weighted by Gasteiger charge is -2.10. The summed E-state index contributed by atoms with van der Waals surface area (Å²) in [4.78, 5) is 23.8. The van der Waals surface area contributed by atoms with Gasteiger partial charge in [0, 0.05) is 17.5 Å². The van der Waals surface area contributed by atoms with Gasteiger partial charge in [-0.15, -0.1) is 0 Å². The number of benzene rings is 1. The molecule has 0 aliphatic carbocycles. The monoisotopic (exact) mass is 381 g/mol. The minimum atomic E-state index is -0.397. The Morgan fingerprint density at radius 2 is 1.67 bits per heavy atom. The number of carbonyl (C=O) groups excluding carboxylic acids is 2. The topological polar surface area (TPSA) is 96.5 Å². The zero-order valence-corrected chi connectivity index (χ0v) is 14.8. The fourth-order valence-electron chi connectivity index (χ4n) is 2.13. The summed E-state index contributed by atoms with van der Waals surface area (Å²) in [6.45, 7) is 0. The summed E-state index contributed by atoms with van der Waals surface area (Å²) in [5.41, 5.74) is 1.15. The van der Waals surface area contributed by atoms with Gasteiger partial charge < -0.3 is 19.5 Å². The van der Waals surface area contributed by atoms with Crippen molar-refractivity contribution in [1.82, 2.24) is 5.32 Å². The smallest absolute Gasteiger partial charge is 0.291 e. The van der Waals surface area contributed by atoms with Gasteiger partial charge in [-0.05, 0) is 60.8 Å². The van der Waals surface area contributed by atoms with Gasteiger partial charge in [0.2, 0.25) is 5.91 Å². The molecule has 0 spiro atoms. The molecular weight excluding hydrogens is 366 g/mol. The number of furan rings is 2. The van der Waals surface area contributed by atoms with E-state index in [-0.39, 0.29) is 16.8 Å². The van der Waals surface area contributed by atoms with E-state index in [1.807, 2.05) is 0 Å². The lowest BCUT2D eigenvalue weighted by atomic mass is 10.2. The second-order valence-corrected chi connectivity index (χ2v) is 5.71. The Morgan fingerprint density at radius 3 is 2.37 bits per heavy atom. The predicted molar refractivity (Wildman–Crippen MR) is 105 cm³/mol. The first kappa shape index (κ1) is 18.2. The summed E-state index contributed by atoms with van der Waals surface area (Å²) in [6, 6.07) is 13.5. The normalized spacial score (nSPS) is 10.5. The van der Waals surface area contributed by atoms with Crippen molar-refractivity contribution in [2.24, 2.45) is 0 Å². The third-order valence-corrected chi connectivity index (χ3v) is 3.51. The summed E-state index contributed by atoms with van der Waals surface area (Å²) in [6.07, 6.45) is 5.78. The van der Waals surface area contributed by atoms with E-state index in [2.05, 4.69) is 16.0 Å². The van der Waals surface area contributed by atoms with Crippen LogP contribution in [-0.2, 0) is 4.79 Å². The third kappa shape index (κ3) is 5.41. The van der Waals surface area contributed by atoms with Crippen molar-refractivity contribution < 1.29 is 18.4 Å². The summed E-state index contributed by atoms with van der Waals surface area (Å²) in [5.74, 6) is 0.00536. The zero-order valence-electron chi connectivity index (χ0n) is 14.0. The number of hydrogen-bond acceptors (Lipinski definition) is 5. The molecule has 3 rings (SSSR count). The van der Waals surface area contributed by atoms with Gasteiger partial charge in [-0.3, -0.25) is 14.9 Å². The van der Waals surface area contributed by atoms with Gasteiger partial charge in [-0.1, -0.05) is 6.07 Å². The average Bonchev–Trinajstić information content (AvgIpc) is 3.34. The Bertz CT molecular complexity index is 963. The number of rotatable bonds is 5. The predicted octanol–water partition coefficient (Wildman–Crippen LogP) is 3.65. The molecule has 0 saturated heterocycles. The van der Waals surface area contributed by atoms with E-state index < -0.39 is 5.91 Å². The van der Waals surface area contributed by atoms with Crippen LogP contribution in [0.15, 0.2) is 76.0 Å². The molecule has 27 heavy (non-hydrogen) atoms. The van der Waals surface area contributed by atoms with E-state index >= 15 is 0 Å². The standard InChI is InChI=1S/C19H15N3O4S/c23-17(9-8-15-6-2-10-25-15)22-19(27)21-14-5-1-4-13(12-14)20-18(24)16-7-3-11-26-16/h1-12H,(H,20,24)(H2,21,22,23,27)/b9-8+. The zero-order chi connectivity index (χ0) is 19.1. The first-order chi connectivity index (χ1) is 13.1. The van der Waals surface area contributed by atoms with E-state index in [4.69, 9.17) is 21.1 Å². The maximum absolute atomic E-state index is 12.0. The molecule has 3 N–H and O–H groups in total. The third-order valence-electron chi connectivity index (χ3n) is 3.30. The van der Waals surface area contributed by atoms with Crippen LogP contribution < -0.4 is 16.0 Å². The number of anilines is 2. The highest BCUT2D eigenvalue weighted by Gasteiger charge is 2.09. The fraction of sp³-hybridized carbons (Fsp3) is 0. The summed E-state index contributed by atoms with van der Waals surface area (Å²) in [5, 5.41) is 8.24. The van der Waals surface area contributed by atoms with Crippen LogP contribution in [0.2, 0.25) is 0 Å². The highest BCUT2D eigenvalue weighted by Crippen LogP contribution is 2.16. The molecule has 0 unspecified atom stereocenters. The minimum absolute atomic E-state index is 0.124. The van der Waals surface area contributed by atoms with Crippen molar-refractivity contribution in [2.45, 2.75) is 0 Å². The maximum Gasteiger partial charge on any atom is 0.291 e. The second kappa shape index (κ2) is 8.63. The molecule has 0 saturated carbocycles. The quantitative estimate of drug-likeness (QED) is 0.461. The van der Waals surface area contributed by atoms with Crippen molar-refractivity contribution >= 4 is 46.6 Å². The molecule has 1 aromatic carbocycles. The Labute approximate surface area is 160 Å². The number of amides is 2. The van der Waals surface area contributed by atoms with Crippen LogP contribution in [-0.4, -0.2) is 16.9 Å². The highest BCUT2D eigenvalue weighted by atomic mass is 32.1. The maximum atomic E-state index is 12.0. The van der Waals surface area contributed by atoms with Crippen molar-refractivity contribution in [3.63, 3.8) is 0 Å². The van der Waals surface area contributed by atoms with Crippen LogP contribution in [0.1, 0.15) is 16.3 Å². The molecule has 7 nitrogen and oxygen atoms in total. The SMILES string of the molecule is O=C(/C=C/c1ccco1)NC(=S)Nc1cccc(NC(=O)c2ccco2)c1. The molecule has 0 bridgehead atoms. The van der Waals surface area contributed by atoms with E-state index in [9.17, 15) is 9.59 Å². The second-order valence-electron chi connectivity index (χ2n) is 5.30. The van der Waals surface area contributed by atoms with E-state index in [1.54, 1.807) is 48.5 Å². The van der Waals surface area contributed by atoms with Crippen LogP contribution in [0.4, 0.5) is 11.4 Å². The molecule has 0 aliphatic rings. The Balaban J connectivity index is 1.54. The van der Waals surface area contributed by atoms with Crippen LogP contribution in [0.3, 0.4) is 0 Å². The molecule has 0 radical (unpaired) electrons. The van der Waals surface area contributed by atoms with Gasteiger partial charge >= 0.3 is 0 Å². The number of carbonyl (C=O) groups is 2. The van der Waals surface area contributed by atoms with Gasteiger partial charge in [0.25, 0.3) is 5.91 Å². The molecule has 3 aromatic rings. The van der Waals surface area contributed by atoms with Crippen molar-refractivity contribution in [1.29, 1.82) is 0 Å².